The van der Waals surface area contributed by atoms with Gasteiger partial charge in [-0.2, -0.15) is 0 Å². The highest BCUT2D eigenvalue weighted by atomic mass is 16.7. The zero-order valence-electron chi connectivity index (χ0n) is 28.6. The molecule has 8 heteroatoms. The maximum absolute atomic E-state index is 12.4. The number of amides is 1. The number of carbonyl (C=O) groups is 1. The van der Waals surface area contributed by atoms with Gasteiger partial charge in [0.25, 0.3) is 0 Å². The third kappa shape index (κ3) is 4.15. The monoisotopic (exact) mass is 617 g/mol. The molecule has 2 heterocycles. The summed E-state index contributed by atoms with van der Waals surface area (Å²) in [5.41, 5.74) is -0.308. The van der Waals surface area contributed by atoms with Crippen molar-refractivity contribution in [2.45, 2.75) is 143 Å². The number of fused-ring (bicyclic) bond motifs is 4. The molecule has 13 atom stereocenters. The van der Waals surface area contributed by atoms with Gasteiger partial charge in [-0.25, -0.2) is 4.79 Å². The number of morpholine rings is 1. The maximum atomic E-state index is 12.4. The highest BCUT2D eigenvalue weighted by Crippen LogP contribution is 2.89. The fraction of sp³-hybridized carbons (Fsp3) is 0.972. The number of ether oxygens (including phenoxy) is 4. The summed E-state index contributed by atoms with van der Waals surface area (Å²) < 4.78 is 24.5. The highest BCUT2D eigenvalue weighted by molar-refractivity contribution is 5.67. The molecule has 2 saturated heterocycles. The molecule has 250 valence electrons. The van der Waals surface area contributed by atoms with Gasteiger partial charge in [0, 0.05) is 18.4 Å². The topological polar surface area (TPSA) is 97.7 Å². The quantitative estimate of drug-likeness (QED) is 0.413. The number of hydrogen-bond donors (Lipinski definition) is 2. The molecule has 0 aromatic carbocycles. The number of aliphatic hydroxyl groups is 2. The van der Waals surface area contributed by atoms with Gasteiger partial charge in [0.15, 0.2) is 6.29 Å². The van der Waals surface area contributed by atoms with Crippen molar-refractivity contribution < 1.29 is 34.0 Å². The molecule has 7 aliphatic rings. The first-order chi connectivity index (χ1) is 20.5. The molecule has 5 aliphatic carbocycles. The van der Waals surface area contributed by atoms with Crippen LogP contribution in [0.2, 0.25) is 0 Å². The second-order valence-corrected chi connectivity index (χ2v) is 18.0. The Morgan fingerprint density at radius 3 is 2.45 bits per heavy atom. The van der Waals surface area contributed by atoms with Gasteiger partial charge in [0.1, 0.15) is 0 Å². The van der Waals surface area contributed by atoms with E-state index in [1.54, 1.807) is 4.90 Å². The van der Waals surface area contributed by atoms with Crippen LogP contribution in [0.5, 0.6) is 0 Å². The summed E-state index contributed by atoms with van der Waals surface area (Å²) in [5.74, 6) is 1.89. The molecule has 9 unspecified atom stereocenters. The largest absolute Gasteiger partial charge is 0.453 e. The molecule has 2 N–H and O–H groups in total. The van der Waals surface area contributed by atoms with Gasteiger partial charge in [-0.05, 0) is 111 Å². The van der Waals surface area contributed by atoms with Gasteiger partial charge < -0.3 is 34.1 Å². The van der Waals surface area contributed by atoms with Crippen molar-refractivity contribution in [1.29, 1.82) is 0 Å². The Morgan fingerprint density at radius 2 is 1.75 bits per heavy atom. The molecule has 0 aromatic heterocycles. The molecular weight excluding hydrogens is 558 g/mol. The van der Waals surface area contributed by atoms with E-state index in [9.17, 15) is 15.0 Å². The molecule has 2 aliphatic heterocycles. The lowest BCUT2D eigenvalue weighted by atomic mass is 9.41. The van der Waals surface area contributed by atoms with Crippen molar-refractivity contribution in [3.63, 3.8) is 0 Å². The third-order valence-electron chi connectivity index (χ3n) is 15.3. The van der Waals surface area contributed by atoms with Crippen LogP contribution in [-0.2, 0) is 18.9 Å². The fourth-order valence-corrected chi connectivity index (χ4v) is 13.5. The van der Waals surface area contributed by atoms with E-state index in [-0.39, 0.29) is 40.7 Å². The van der Waals surface area contributed by atoms with Crippen LogP contribution in [0.3, 0.4) is 0 Å². The van der Waals surface area contributed by atoms with E-state index in [4.69, 9.17) is 18.9 Å². The number of nitrogens with zero attached hydrogens (tertiary/aromatic N) is 1. The van der Waals surface area contributed by atoms with E-state index >= 15 is 0 Å². The summed E-state index contributed by atoms with van der Waals surface area (Å²) >= 11 is 0. The van der Waals surface area contributed by atoms with Gasteiger partial charge in [-0.3, -0.25) is 0 Å². The number of methoxy groups -OCH3 is 1. The minimum atomic E-state index is -0.774. The molecule has 1 amide bonds. The average molecular weight is 618 g/mol. The number of rotatable bonds is 4. The maximum Gasteiger partial charge on any atom is 0.409 e. The van der Waals surface area contributed by atoms with Gasteiger partial charge >= 0.3 is 6.09 Å². The second-order valence-electron chi connectivity index (χ2n) is 18.0. The summed E-state index contributed by atoms with van der Waals surface area (Å²) in [6.07, 6.45) is 8.51. The third-order valence-corrected chi connectivity index (χ3v) is 15.3. The van der Waals surface area contributed by atoms with Crippen LogP contribution in [0, 0.1) is 50.7 Å². The predicted molar refractivity (Wildman–Crippen MR) is 166 cm³/mol. The molecule has 0 aromatic rings. The fourth-order valence-electron chi connectivity index (χ4n) is 13.5. The Kier molecular flexibility index (Phi) is 7.22. The van der Waals surface area contributed by atoms with E-state index in [2.05, 4.69) is 34.6 Å². The predicted octanol–water partition coefficient (Wildman–Crippen LogP) is 5.77. The van der Waals surface area contributed by atoms with Crippen molar-refractivity contribution in [3.8, 4) is 0 Å². The minimum absolute atomic E-state index is 0.00446. The molecule has 7 rings (SSSR count). The van der Waals surface area contributed by atoms with Crippen molar-refractivity contribution in [2.24, 2.45) is 50.7 Å². The van der Waals surface area contributed by atoms with E-state index in [0.717, 1.165) is 25.7 Å². The summed E-state index contributed by atoms with van der Waals surface area (Å²) in [5, 5.41) is 23.0. The molecule has 5 saturated carbocycles. The highest BCUT2D eigenvalue weighted by Gasteiger charge is 2.84. The molecule has 7 fully saturated rings. The van der Waals surface area contributed by atoms with Gasteiger partial charge in [-0.1, -0.05) is 34.6 Å². The lowest BCUT2D eigenvalue weighted by molar-refractivity contribution is -0.246. The Bertz CT molecular complexity index is 1150. The van der Waals surface area contributed by atoms with Crippen molar-refractivity contribution in [3.05, 3.63) is 0 Å². The minimum Gasteiger partial charge on any atom is -0.453 e. The zero-order chi connectivity index (χ0) is 31.7. The van der Waals surface area contributed by atoms with E-state index < -0.39 is 18.0 Å². The van der Waals surface area contributed by atoms with Crippen LogP contribution in [0.25, 0.3) is 0 Å². The lowest BCUT2D eigenvalue weighted by Crippen LogP contribution is -2.60. The summed E-state index contributed by atoms with van der Waals surface area (Å²) in [7, 11) is 1.42. The van der Waals surface area contributed by atoms with Crippen LogP contribution in [-0.4, -0.2) is 84.3 Å². The van der Waals surface area contributed by atoms with Gasteiger partial charge in [-0.15, -0.1) is 0 Å². The van der Waals surface area contributed by atoms with Crippen LogP contribution >= 0.6 is 0 Å². The molecule has 44 heavy (non-hydrogen) atoms. The SMILES string of the molecule is COC(=O)N1CCOC(OC2CCC34CC35CCC3(C)[C@@H]6C(OC(CC(C)(C)O)C[C@H]6C)[C@H](O)C3(C)C5CC[C@H]4C2(C)C)C1. The molecular formula is C36H59NO7. The first-order valence-corrected chi connectivity index (χ1v) is 17.7. The number of hydrogen-bond acceptors (Lipinski definition) is 7. The van der Waals surface area contributed by atoms with Crippen molar-refractivity contribution >= 4 is 6.09 Å². The van der Waals surface area contributed by atoms with Crippen LogP contribution in [0.15, 0.2) is 0 Å². The summed E-state index contributed by atoms with van der Waals surface area (Å²) in [4.78, 5) is 13.9. The smallest absolute Gasteiger partial charge is 0.409 e. The number of aliphatic hydroxyl groups excluding tert-OH is 1. The molecule has 2 spiro atoms. The first-order valence-electron chi connectivity index (χ1n) is 17.7. The Morgan fingerprint density at radius 1 is 1.05 bits per heavy atom. The molecule has 8 nitrogen and oxygen atoms in total. The number of carbonyl (C=O) groups excluding carboxylic acids is 1. The van der Waals surface area contributed by atoms with Crippen LogP contribution in [0.4, 0.5) is 4.79 Å². The van der Waals surface area contributed by atoms with E-state index in [1.807, 2.05) is 13.8 Å². The molecule has 0 radical (unpaired) electrons. The van der Waals surface area contributed by atoms with E-state index in [0.29, 0.717) is 60.6 Å². The van der Waals surface area contributed by atoms with E-state index in [1.165, 1.54) is 32.8 Å². The Balaban J connectivity index is 1.12. The summed E-state index contributed by atoms with van der Waals surface area (Å²) in [6, 6.07) is 0. The first kappa shape index (κ1) is 31.7. The van der Waals surface area contributed by atoms with Gasteiger partial charge in [0.2, 0.25) is 0 Å². The molecule has 0 bridgehead atoms. The Hall–Kier alpha value is -0.930. The second kappa shape index (κ2) is 10.0. The lowest BCUT2D eigenvalue weighted by Gasteiger charge is -2.64. The van der Waals surface area contributed by atoms with Crippen LogP contribution in [0.1, 0.15) is 106 Å². The van der Waals surface area contributed by atoms with Gasteiger partial charge in [0.05, 0.1) is 50.3 Å². The zero-order valence-corrected chi connectivity index (χ0v) is 28.6. The van der Waals surface area contributed by atoms with Crippen LogP contribution < -0.4 is 0 Å². The van der Waals surface area contributed by atoms with Crippen molar-refractivity contribution in [1.82, 2.24) is 4.90 Å². The summed E-state index contributed by atoms with van der Waals surface area (Å²) in [6.45, 7) is 17.3. The average Bonchev–Trinajstić information content (AvgIpc) is 3.58. The Labute approximate surface area is 264 Å². The normalized spacial score (nSPS) is 52.6. The standard InChI is InChI=1S/C36H59NO7/c1-21-17-22(18-31(2,3)40)43-28-27(21)33(6)13-14-36-20-35(36)12-11-25(44-26-19-37(15-16-42-26)30(39)41-8)32(4,5)23(35)9-10-24(36)34(33,7)29(28)38/h21-29,38,40H,9-20H2,1-8H3/t21-,22?,23+,24?,25?,26?,27+,28?,29+,33?,34?,35?,36?/m1/s1. The van der Waals surface area contributed by atoms with Crippen molar-refractivity contribution in [2.75, 3.05) is 26.8 Å².